The number of unbranched alkanes of at least 4 members (excludes halogenated alkanes) is 6. The van der Waals surface area contributed by atoms with Gasteiger partial charge in [-0.25, -0.2) is 4.39 Å². The molecule has 0 aromatic carbocycles. The van der Waals surface area contributed by atoms with Gasteiger partial charge in [-0.05, 0) is 37.5 Å². The molecule has 3 aliphatic rings. The first-order chi connectivity index (χ1) is 7.68. The summed E-state index contributed by atoms with van der Waals surface area (Å²) in [5.41, 5.74) is -0.263. The van der Waals surface area contributed by atoms with Crippen LogP contribution in [0.15, 0.2) is 0 Å². The van der Waals surface area contributed by atoms with Crippen LogP contribution in [-0.4, -0.2) is 12.0 Å². The van der Waals surface area contributed by atoms with Gasteiger partial charge in [0, 0.05) is 6.42 Å². The van der Waals surface area contributed by atoms with E-state index < -0.39 is 5.67 Å². The van der Waals surface area contributed by atoms with E-state index in [4.69, 9.17) is 0 Å². The molecule has 2 heteroatoms. The Balaban J connectivity index is 1.38. The van der Waals surface area contributed by atoms with Gasteiger partial charge in [0.2, 0.25) is 0 Å². The predicted molar refractivity (Wildman–Crippen MR) is 63.1 cm³/mol. The van der Waals surface area contributed by atoms with E-state index in [1.54, 1.807) is 0 Å². The summed E-state index contributed by atoms with van der Waals surface area (Å²) in [6, 6.07) is 0. The first-order valence-electron chi connectivity index (χ1n) is 6.81. The molecule has 2 bridgehead atoms. The molecule has 3 aliphatic carbocycles. The summed E-state index contributed by atoms with van der Waals surface area (Å²) in [5.74, 6) is 0. The van der Waals surface area contributed by atoms with Crippen LogP contribution in [0, 0.1) is 5.41 Å². The Labute approximate surface area is 97.8 Å². The molecule has 0 heterocycles. The molecule has 3 rings (SSSR count). The van der Waals surface area contributed by atoms with E-state index in [1.807, 2.05) is 0 Å². The molecule has 0 aliphatic heterocycles. The Bertz CT molecular complexity index is 229. The van der Waals surface area contributed by atoms with Crippen LogP contribution in [0.2, 0.25) is 0 Å². The summed E-state index contributed by atoms with van der Waals surface area (Å²) < 4.78 is 13.2. The summed E-state index contributed by atoms with van der Waals surface area (Å²) in [7, 11) is 0. The van der Waals surface area contributed by atoms with Crippen molar-refractivity contribution < 1.29 is 9.18 Å². The largest absolute Gasteiger partial charge is 0.303 e. The van der Waals surface area contributed by atoms with Crippen molar-refractivity contribution in [3.05, 3.63) is 0 Å². The second-order valence-corrected chi connectivity index (χ2v) is 6.01. The van der Waals surface area contributed by atoms with Crippen LogP contribution in [0.5, 0.6) is 0 Å². The molecule has 0 atom stereocenters. The second-order valence-electron chi connectivity index (χ2n) is 6.01. The smallest absolute Gasteiger partial charge is 0.119 e. The molecule has 3 fully saturated rings. The highest BCUT2D eigenvalue weighted by Crippen LogP contribution is 2.71. The van der Waals surface area contributed by atoms with Gasteiger partial charge in [-0.3, -0.25) is 0 Å². The molecule has 0 radical (unpaired) electrons. The molecule has 0 amide bonds. The van der Waals surface area contributed by atoms with Crippen LogP contribution in [-0.2, 0) is 4.79 Å². The summed E-state index contributed by atoms with van der Waals surface area (Å²) >= 11 is 0. The maximum atomic E-state index is 13.2. The van der Waals surface area contributed by atoms with E-state index >= 15 is 0 Å². The fourth-order valence-corrected chi connectivity index (χ4v) is 3.56. The van der Waals surface area contributed by atoms with Gasteiger partial charge in [0.25, 0.3) is 0 Å². The quantitative estimate of drug-likeness (QED) is 0.425. The fourth-order valence-electron chi connectivity index (χ4n) is 3.56. The topological polar surface area (TPSA) is 17.1 Å². The molecule has 1 nitrogen and oxygen atoms in total. The lowest BCUT2D eigenvalue weighted by Crippen LogP contribution is -2.64. The third-order valence-corrected chi connectivity index (χ3v) is 4.35. The highest BCUT2D eigenvalue weighted by atomic mass is 19.1. The van der Waals surface area contributed by atoms with Crippen molar-refractivity contribution in [2.24, 2.45) is 5.41 Å². The standard InChI is InChI=1S/C14H23FO/c15-14-10-13(11-14,12-14)8-6-4-2-1-3-5-7-9-16/h9H,1-8,10-12H2. The predicted octanol–water partition coefficient (Wildman–Crippen LogP) is 4.20. The van der Waals surface area contributed by atoms with E-state index in [0.29, 0.717) is 5.41 Å². The van der Waals surface area contributed by atoms with E-state index in [9.17, 15) is 9.18 Å². The number of hydrogen-bond donors (Lipinski definition) is 0. The van der Waals surface area contributed by atoms with Gasteiger partial charge in [-0.15, -0.1) is 0 Å². The minimum atomic E-state index is -0.713. The number of carbonyl (C=O) groups is 1. The van der Waals surface area contributed by atoms with Crippen LogP contribution in [0.25, 0.3) is 0 Å². The normalized spacial score (nSPS) is 35.3. The average molecular weight is 226 g/mol. The van der Waals surface area contributed by atoms with Crippen molar-refractivity contribution in [2.75, 3.05) is 0 Å². The van der Waals surface area contributed by atoms with Crippen molar-refractivity contribution >= 4 is 6.29 Å². The minimum Gasteiger partial charge on any atom is -0.303 e. The van der Waals surface area contributed by atoms with Crippen LogP contribution in [0.4, 0.5) is 4.39 Å². The molecular weight excluding hydrogens is 203 g/mol. The summed E-state index contributed by atoms with van der Waals surface area (Å²) in [6.07, 6.45) is 12.9. The van der Waals surface area contributed by atoms with Gasteiger partial charge >= 0.3 is 0 Å². The van der Waals surface area contributed by atoms with Crippen molar-refractivity contribution in [2.45, 2.75) is 76.3 Å². The number of hydrogen-bond acceptors (Lipinski definition) is 1. The molecule has 92 valence electrons. The molecule has 0 spiro atoms. The van der Waals surface area contributed by atoms with Crippen LogP contribution >= 0.6 is 0 Å². The first kappa shape index (κ1) is 12.1. The highest BCUT2D eigenvalue weighted by Gasteiger charge is 2.68. The maximum Gasteiger partial charge on any atom is 0.119 e. The van der Waals surface area contributed by atoms with Crippen molar-refractivity contribution in [1.29, 1.82) is 0 Å². The first-order valence-corrected chi connectivity index (χ1v) is 6.81. The third kappa shape index (κ3) is 2.64. The van der Waals surface area contributed by atoms with Gasteiger partial charge in [0.15, 0.2) is 0 Å². The third-order valence-electron chi connectivity index (χ3n) is 4.35. The summed E-state index contributed by atoms with van der Waals surface area (Å²) in [4.78, 5) is 10.1. The second kappa shape index (κ2) is 4.85. The Morgan fingerprint density at radius 2 is 1.50 bits per heavy atom. The SMILES string of the molecule is O=CCCCCCCCCC12CC(F)(C1)C2. The number of halogens is 1. The molecule has 16 heavy (non-hydrogen) atoms. The van der Waals surface area contributed by atoms with Crippen molar-refractivity contribution in [3.8, 4) is 0 Å². The molecular formula is C14H23FO. The Kier molecular flexibility index (Phi) is 3.66. The number of alkyl halides is 1. The molecule has 0 unspecified atom stereocenters. The van der Waals surface area contributed by atoms with E-state index in [-0.39, 0.29) is 0 Å². The van der Waals surface area contributed by atoms with E-state index in [1.165, 1.54) is 38.5 Å². The zero-order valence-corrected chi connectivity index (χ0v) is 10.1. The lowest BCUT2D eigenvalue weighted by molar-refractivity contribution is -0.217. The van der Waals surface area contributed by atoms with Gasteiger partial charge in [0.05, 0.1) is 0 Å². The minimum absolute atomic E-state index is 0.451. The van der Waals surface area contributed by atoms with E-state index in [0.717, 1.165) is 38.4 Å². The molecule has 3 saturated carbocycles. The summed E-state index contributed by atoms with van der Waals surface area (Å²) in [5, 5.41) is 0. The van der Waals surface area contributed by atoms with Crippen molar-refractivity contribution in [1.82, 2.24) is 0 Å². The zero-order valence-electron chi connectivity index (χ0n) is 10.1. The molecule has 0 saturated heterocycles. The lowest BCUT2D eigenvalue weighted by atomic mass is 9.41. The molecule has 0 aromatic rings. The van der Waals surface area contributed by atoms with Crippen molar-refractivity contribution in [3.63, 3.8) is 0 Å². The van der Waals surface area contributed by atoms with Crippen LogP contribution in [0.3, 0.4) is 0 Å². The Morgan fingerprint density at radius 3 is 2.06 bits per heavy atom. The highest BCUT2D eigenvalue weighted by molar-refractivity contribution is 5.48. The van der Waals surface area contributed by atoms with E-state index in [2.05, 4.69) is 0 Å². The van der Waals surface area contributed by atoms with Crippen LogP contribution in [0.1, 0.15) is 70.6 Å². The van der Waals surface area contributed by atoms with Gasteiger partial charge in [-0.1, -0.05) is 32.1 Å². The monoisotopic (exact) mass is 226 g/mol. The molecule has 0 N–H and O–H groups in total. The number of carbonyl (C=O) groups excluding carboxylic acids is 1. The lowest BCUT2D eigenvalue weighted by Gasteiger charge is -2.66. The molecule has 0 aromatic heterocycles. The number of rotatable bonds is 9. The number of aldehydes is 1. The van der Waals surface area contributed by atoms with Crippen LogP contribution < -0.4 is 0 Å². The van der Waals surface area contributed by atoms with Gasteiger partial charge < -0.3 is 4.79 Å². The average Bonchev–Trinajstić information content (AvgIpc) is 2.17. The fraction of sp³-hybridized carbons (Fsp3) is 0.929. The maximum absolute atomic E-state index is 13.2. The zero-order chi connectivity index (χ0) is 11.5. The van der Waals surface area contributed by atoms with Gasteiger partial charge in [-0.2, -0.15) is 0 Å². The summed E-state index contributed by atoms with van der Waals surface area (Å²) in [6.45, 7) is 0. The Hall–Kier alpha value is -0.400. The Morgan fingerprint density at radius 1 is 0.938 bits per heavy atom. The van der Waals surface area contributed by atoms with Gasteiger partial charge in [0.1, 0.15) is 12.0 Å².